The third-order valence-electron chi connectivity index (χ3n) is 14.3. The molecule has 73 heavy (non-hydrogen) atoms. The van der Waals surface area contributed by atoms with E-state index in [-0.39, 0.29) is 37.5 Å². The summed E-state index contributed by atoms with van der Waals surface area (Å²) in [6.45, 7) is 6.63. The van der Waals surface area contributed by atoms with Crippen LogP contribution >= 0.6 is 0 Å². The normalized spacial score (nSPS) is 12.3. The Morgan fingerprint density at radius 3 is 0.808 bits per heavy atom. The molecule has 0 saturated carbocycles. The van der Waals surface area contributed by atoms with Crippen molar-refractivity contribution in [1.82, 2.24) is 0 Å². The lowest BCUT2D eigenvalue weighted by atomic mass is 10.0. The molecule has 0 heterocycles. The van der Waals surface area contributed by atoms with Crippen molar-refractivity contribution in [3.05, 3.63) is 48.6 Å². The van der Waals surface area contributed by atoms with Gasteiger partial charge in [-0.2, -0.15) is 0 Å². The van der Waals surface area contributed by atoms with Crippen molar-refractivity contribution in [2.45, 2.75) is 348 Å². The van der Waals surface area contributed by atoms with E-state index in [4.69, 9.17) is 14.2 Å². The molecular weight excluding hydrogens is 901 g/mol. The molecule has 0 aliphatic rings. The molecule has 1 unspecified atom stereocenters. The van der Waals surface area contributed by atoms with Gasteiger partial charge in [-0.25, -0.2) is 0 Å². The number of unbranched alkanes of at least 4 members (excludes halogenated alkanes) is 40. The molecule has 6 heteroatoms. The van der Waals surface area contributed by atoms with Crippen LogP contribution in [-0.2, 0) is 28.6 Å². The molecule has 0 spiro atoms. The summed E-state index contributed by atoms with van der Waals surface area (Å²) >= 11 is 0. The van der Waals surface area contributed by atoms with E-state index in [1.54, 1.807) is 0 Å². The van der Waals surface area contributed by atoms with Crippen LogP contribution in [0.25, 0.3) is 0 Å². The molecule has 0 fully saturated rings. The Bertz CT molecular complexity index is 1270. The molecule has 0 bridgehead atoms. The molecule has 0 aromatic heterocycles. The van der Waals surface area contributed by atoms with Crippen LogP contribution in [0, 0.1) is 0 Å². The molecule has 0 rings (SSSR count). The third-order valence-corrected chi connectivity index (χ3v) is 14.3. The largest absolute Gasteiger partial charge is 0.462 e. The lowest BCUT2D eigenvalue weighted by molar-refractivity contribution is -0.167. The van der Waals surface area contributed by atoms with E-state index in [0.29, 0.717) is 19.3 Å². The highest BCUT2D eigenvalue weighted by Gasteiger charge is 2.19. The Morgan fingerprint density at radius 1 is 0.274 bits per heavy atom. The fraction of sp³-hybridized carbons (Fsp3) is 0.836. The minimum Gasteiger partial charge on any atom is -0.462 e. The van der Waals surface area contributed by atoms with E-state index >= 15 is 0 Å². The molecule has 6 nitrogen and oxygen atoms in total. The predicted octanol–water partition coefficient (Wildman–Crippen LogP) is 21.8. The van der Waals surface area contributed by atoms with Crippen LogP contribution in [0.3, 0.4) is 0 Å². The summed E-state index contributed by atoms with van der Waals surface area (Å²) in [7, 11) is 0. The smallest absolute Gasteiger partial charge is 0.306 e. The minimum absolute atomic E-state index is 0.0899. The van der Waals surface area contributed by atoms with Crippen LogP contribution in [-0.4, -0.2) is 37.2 Å². The summed E-state index contributed by atoms with van der Waals surface area (Å²) in [4.78, 5) is 38.3. The number of ether oxygens (including phenoxy) is 3. The molecule has 0 aliphatic carbocycles. The second kappa shape index (κ2) is 61.9. The highest BCUT2D eigenvalue weighted by atomic mass is 16.6. The first-order chi connectivity index (χ1) is 36.0. The maximum absolute atomic E-state index is 12.9. The summed E-state index contributed by atoms with van der Waals surface area (Å²) in [6.07, 6.45) is 76.9. The summed E-state index contributed by atoms with van der Waals surface area (Å²) in [5, 5.41) is 0. The maximum Gasteiger partial charge on any atom is 0.306 e. The summed E-state index contributed by atoms with van der Waals surface area (Å²) in [5.41, 5.74) is 0. The Hall–Kier alpha value is -2.63. The first-order valence-corrected chi connectivity index (χ1v) is 32.1. The molecule has 0 amide bonds. The van der Waals surface area contributed by atoms with Gasteiger partial charge in [0.25, 0.3) is 0 Å². The van der Waals surface area contributed by atoms with E-state index in [1.165, 1.54) is 231 Å². The zero-order valence-electron chi connectivity index (χ0n) is 48.9. The Balaban J connectivity index is 4.37. The van der Waals surface area contributed by atoms with Gasteiger partial charge in [-0.05, 0) is 57.8 Å². The second-order valence-corrected chi connectivity index (χ2v) is 21.7. The topological polar surface area (TPSA) is 78.9 Å². The Kier molecular flexibility index (Phi) is 59.7. The van der Waals surface area contributed by atoms with Gasteiger partial charge in [0.2, 0.25) is 0 Å². The zero-order valence-corrected chi connectivity index (χ0v) is 48.9. The second-order valence-electron chi connectivity index (χ2n) is 21.7. The van der Waals surface area contributed by atoms with Crippen molar-refractivity contribution < 1.29 is 28.6 Å². The van der Waals surface area contributed by atoms with Crippen molar-refractivity contribution in [2.75, 3.05) is 13.2 Å². The third kappa shape index (κ3) is 60.1. The van der Waals surface area contributed by atoms with Gasteiger partial charge in [-0.1, -0.05) is 313 Å². The summed E-state index contributed by atoms with van der Waals surface area (Å²) in [6, 6.07) is 0. The van der Waals surface area contributed by atoms with E-state index in [2.05, 4.69) is 69.4 Å². The Labute approximate surface area is 454 Å². The van der Waals surface area contributed by atoms with Gasteiger partial charge in [0.05, 0.1) is 0 Å². The van der Waals surface area contributed by atoms with Gasteiger partial charge in [0.15, 0.2) is 6.10 Å². The number of rotatable bonds is 59. The number of esters is 3. The van der Waals surface area contributed by atoms with Gasteiger partial charge in [-0.15, -0.1) is 0 Å². The van der Waals surface area contributed by atoms with E-state index in [0.717, 1.165) is 64.2 Å². The molecule has 0 saturated heterocycles. The van der Waals surface area contributed by atoms with Crippen LogP contribution in [0.1, 0.15) is 342 Å². The number of hydrogen-bond donors (Lipinski definition) is 0. The molecule has 1 atom stereocenters. The number of allylic oxidation sites excluding steroid dienone is 8. The summed E-state index contributed by atoms with van der Waals surface area (Å²) < 4.78 is 16.9. The highest BCUT2D eigenvalue weighted by Crippen LogP contribution is 2.18. The van der Waals surface area contributed by atoms with Crippen molar-refractivity contribution in [1.29, 1.82) is 0 Å². The van der Waals surface area contributed by atoms with E-state index in [9.17, 15) is 14.4 Å². The molecule has 0 aromatic rings. The fourth-order valence-corrected chi connectivity index (χ4v) is 9.50. The quantitative estimate of drug-likeness (QED) is 0.0261. The maximum atomic E-state index is 12.9. The van der Waals surface area contributed by atoms with Crippen molar-refractivity contribution >= 4 is 17.9 Å². The molecule has 0 N–H and O–H groups in total. The van der Waals surface area contributed by atoms with Crippen molar-refractivity contribution in [3.63, 3.8) is 0 Å². The molecule has 0 aliphatic heterocycles. The SMILES string of the molecule is CCCCC/C=C\C/C=C\C/C=C\C/C=C\CCCC(=O)OC(COC(=O)CCCCCCCCCCCCCCCCCCC)COC(=O)CCCCCCCCCCCCCCCCCCCCCCC. The van der Waals surface area contributed by atoms with Gasteiger partial charge >= 0.3 is 17.9 Å². The molecule has 426 valence electrons. The van der Waals surface area contributed by atoms with Crippen LogP contribution in [0.4, 0.5) is 0 Å². The predicted molar refractivity (Wildman–Crippen MR) is 316 cm³/mol. The lowest BCUT2D eigenvalue weighted by Crippen LogP contribution is -2.30. The first kappa shape index (κ1) is 70.4. The van der Waals surface area contributed by atoms with Gasteiger partial charge in [0, 0.05) is 19.3 Å². The molecule has 0 radical (unpaired) electrons. The monoisotopic (exact) mass is 1020 g/mol. The van der Waals surface area contributed by atoms with Crippen LogP contribution in [0.5, 0.6) is 0 Å². The van der Waals surface area contributed by atoms with Gasteiger partial charge in [-0.3, -0.25) is 14.4 Å². The van der Waals surface area contributed by atoms with E-state index < -0.39 is 6.10 Å². The lowest BCUT2D eigenvalue weighted by Gasteiger charge is -2.18. The van der Waals surface area contributed by atoms with Gasteiger partial charge in [0.1, 0.15) is 13.2 Å². The number of hydrogen-bond acceptors (Lipinski definition) is 6. The summed E-state index contributed by atoms with van der Waals surface area (Å²) in [5.74, 6) is -0.923. The standard InChI is InChI=1S/C67H122O6/c1-4-7-10-13-16-19-22-25-28-31-32-33-34-37-39-42-45-48-51-54-57-60-66(69)72-63-64(73-67(70)61-58-55-52-49-46-43-40-36-30-27-24-21-18-15-12-9-6-3)62-71-65(68)59-56-53-50-47-44-41-38-35-29-26-23-20-17-14-11-8-5-2/h18,21,27,30,40,43,49,52,64H,4-17,19-20,22-26,28-29,31-39,41-42,44-48,50-51,53-63H2,1-3H3/b21-18-,30-27-,43-40-,52-49-. The number of carbonyl (C=O) groups excluding carboxylic acids is 3. The molecule has 0 aromatic carbocycles. The van der Waals surface area contributed by atoms with Crippen molar-refractivity contribution in [2.24, 2.45) is 0 Å². The highest BCUT2D eigenvalue weighted by molar-refractivity contribution is 5.71. The minimum atomic E-state index is -0.799. The fourth-order valence-electron chi connectivity index (χ4n) is 9.50. The average Bonchev–Trinajstić information content (AvgIpc) is 3.39. The van der Waals surface area contributed by atoms with E-state index in [1.807, 2.05) is 0 Å². The Morgan fingerprint density at radius 2 is 0.507 bits per heavy atom. The zero-order chi connectivity index (χ0) is 52.9. The van der Waals surface area contributed by atoms with Gasteiger partial charge < -0.3 is 14.2 Å². The first-order valence-electron chi connectivity index (χ1n) is 32.1. The van der Waals surface area contributed by atoms with Crippen LogP contribution < -0.4 is 0 Å². The molecular formula is C67H122O6. The van der Waals surface area contributed by atoms with Crippen LogP contribution in [0.15, 0.2) is 48.6 Å². The number of carbonyl (C=O) groups is 3. The van der Waals surface area contributed by atoms with Crippen LogP contribution in [0.2, 0.25) is 0 Å². The average molecular weight is 1020 g/mol. The van der Waals surface area contributed by atoms with Crippen molar-refractivity contribution in [3.8, 4) is 0 Å².